The first-order valence-corrected chi connectivity index (χ1v) is 10.9. The highest BCUT2D eigenvalue weighted by atomic mass is 16.7. The molecule has 2 heterocycles. The zero-order valence-electron chi connectivity index (χ0n) is 19.1. The van der Waals surface area contributed by atoms with Gasteiger partial charge in [0.1, 0.15) is 42.7 Å². The number of aliphatic hydroxyl groups excluding tert-OH is 6. The molecule has 0 aromatic rings. The van der Waals surface area contributed by atoms with Crippen LogP contribution in [0, 0.1) is 0 Å². The molecule has 6 N–H and O–H groups in total. The molecule has 0 unspecified atom stereocenters. The summed E-state index contributed by atoms with van der Waals surface area (Å²) in [6.45, 7) is 10.7. The molecule has 2 aliphatic heterocycles. The highest BCUT2D eigenvalue weighted by molar-refractivity contribution is 5.00. The third-order valence-corrected chi connectivity index (χ3v) is 5.91. The Morgan fingerprint density at radius 2 is 1.50 bits per heavy atom. The van der Waals surface area contributed by atoms with E-state index in [1.807, 2.05) is 19.9 Å². The van der Waals surface area contributed by atoms with E-state index in [4.69, 9.17) is 18.9 Å². The molecule has 0 aromatic carbocycles. The van der Waals surface area contributed by atoms with Gasteiger partial charge in [-0.2, -0.15) is 0 Å². The van der Waals surface area contributed by atoms with Gasteiger partial charge in [0.2, 0.25) is 0 Å². The number of rotatable bonds is 9. The average molecular weight is 463 g/mol. The fourth-order valence-corrected chi connectivity index (χ4v) is 3.61. The number of allylic oxidation sites excluding steroid dienone is 2. The summed E-state index contributed by atoms with van der Waals surface area (Å²) in [5, 5.41) is 60.8. The molecular weight excluding hydrogens is 424 g/mol. The topological polar surface area (TPSA) is 158 Å². The summed E-state index contributed by atoms with van der Waals surface area (Å²) in [5.41, 5.74) is 0.281. The molecule has 0 spiro atoms. The predicted molar refractivity (Wildman–Crippen MR) is 113 cm³/mol. The fraction of sp³-hybridized carbons (Fsp3) is 0.818. The van der Waals surface area contributed by atoms with Crippen molar-refractivity contribution in [2.24, 2.45) is 0 Å². The van der Waals surface area contributed by atoms with Gasteiger partial charge in [0.05, 0.1) is 18.3 Å². The molecule has 2 rings (SSSR count). The molecule has 2 aliphatic rings. The number of hydrogen-bond acceptors (Lipinski definition) is 10. The Labute approximate surface area is 188 Å². The maximum Gasteiger partial charge on any atom is 0.187 e. The van der Waals surface area contributed by atoms with Gasteiger partial charge in [0, 0.05) is 0 Å². The largest absolute Gasteiger partial charge is 0.388 e. The lowest BCUT2D eigenvalue weighted by Crippen LogP contribution is -2.61. The first-order valence-electron chi connectivity index (χ1n) is 10.9. The second-order valence-electron chi connectivity index (χ2n) is 8.98. The van der Waals surface area contributed by atoms with Crippen molar-refractivity contribution in [1.29, 1.82) is 0 Å². The summed E-state index contributed by atoms with van der Waals surface area (Å²) < 4.78 is 22.5. The second kappa shape index (κ2) is 11.5. The summed E-state index contributed by atoms with van der Waals surface area (Å²) in [4.78, 5) is 0. The fourth-order valence-electron chi connectivity index (χ4n) is 3.61. The molecule has 0 bridgehead atoms. The van der Waals surface area contributed by atoms with Gasteiger partial charge in [-0.05, 0) is 40.5 Å². The van der Waals surface area contributed by atoms with E-state index >= 15 is 0 Å². The minimum absolute atomic E-state index is 0.343. The molecule has 0 saturated carbocycles. The molecule has 10 nitrogen and oxygen atoms in total. The smallest absolute Gasteiger partial charge is 0.187 e. The van der Waals surface area contributed by atoms with Crippen molar-refractivity contribution in [3.8, 4) is 0 Å². The molecule has 0 amide bonds. The molecule has 186 valence electrons. The van der Waals surface area contributed by atoms with E-state index in [0.717, 1.165) is 5.57 Å². The molecule has 0 aliphatic carbocycles. The zero-order valence-corrected chi connectivity index (χ0v) is 19.1. The van der Waals surface area contributed by atoms with Gasteiger partial charge in [0.25, 0.3) is 0 Å². The molecule has 0 radical (unpaired) electrons. The van der Waals surface area contributed by atoms with Gasteiger partial charge in [-0.25, -0.2) is 0 Å². The van der Waals surface area contributed by atoms with E-state index in [1.165, 1.54) is 6.92 Å². The monoisotopic (exact) mass is 462 g/mol. The van der Waals surface area contributed by atoms with Crippen molar-refractivity contribution in [2.75, 3.05) is 6.61 Å². The average Bonchev–Trinajstić information content (AvgIpc) is 2.74. The van der Waals surface area contributed by atoms with E-state index in [1.54, 1.807) is 13.0 Å². The van der Waals surface area contributed by atoms with Gasteiger partial charge in [-0.1, -0.05) is 17.7 Å². The lowest BCUT2D eigenvalue weighted by molar-refractivity contribution is -0.338. The van der Waals surface area contributed by atoms with E-state index in [9.17, 15) is 30.6 Å². The second-order valence-corrected chi connectivity index (χ2v) is 8.98. The summed E-state index contributed by atoms with van der Waals surface area (Å²) in [6.07, 6.45) is -8.47. The third-order valence-electron chi connectivity index (χ3n) is 5.91. The summed E-state index contributed by atoms with van der Waals surface area (Å²) >= 11 is 0. The van der Waals surface area contributed by atoms with E-state index in [-0.39, 0.29) is 6.61 Å². The van der Waals surface area contributed by atoms with Crippen molar-refractivity contribution >= 4 is 0 Å². The summed E-state index contributed by atoms with van der Waals surface area (Å²) in [5.74, 6) is 0. The van der Waals surface area contributed by atoms with Gasteiger partial charge in [-0.3, -0.25) is 0 Å². The predicted octanol–water partition coefficient (Wildman–Crippen LogP) is -0.654. The van der Waals surface area contributed by atoms with Gasteiger partial charge >= 0.3 is 0 Å². The molecule has 2 saturated heterocycles. The van der Waals surface area contributed by atoms with Crippen molar-refractivity contribution in [2.45, 2.75) is 108 Å². The quantitative estimate of drug-likeness (QED) is 0.243. The van der Waals surface area contributed by atoms with Crippen molar-refractivity contribution < 1.29 is 49.6 Å². The molecule has 32 heavy (non-hydrogen) atoms. The highest BCUT2D eigenvalue weighted by Gasteiger charge is 2.48. The van der Waals surface area contributed by atoms with Crippen molar-refractivity contribution in [1.82, 2.24) is 0 Å². The zero-order chi connectivity index (χ0) is 24.2. The number of aliphatic hydroxyl groups is 6. The van der Waals surface area contributed by atoms with Crippen LogP contribution in [0.25, 0.3) is 0 Å². The first kappa shape index (κ1) is 27.3. The number of hydrogen-bond donors (Lipinski definition) is 6. The Morgan fingerprint density at radius 1 is 0.906 bits per heavy atom. The molecule has 2 fully saturated rings. The van der Waals surface area contributed by atoms with Crippen molar-refractivity contribution in [3.05, 3.63) is 24.3 Å². The van der Waals surface area contributed by atoms with E-state index < -0.39 is 67.0 Å². The minimum atomic E-state index is -1.57. The third kappa shape index (κ3) is 6.57. The van der Waals surface area contributed by atoms with Crippen LogP contribution in [0.1, 0.15) is 40.5 Å². The normalized spacial score (nSPS) is 42.2. The van der Waals surface area contributed by atoms with Crippen LogP contribution in [0.15, 0.2) is 24.3 Å². The van der Waals surface area contributed by atoms with E-state index in [2.05, 4.69) is 6.58 Å². The van der Waals surface area contributed by atoms with Gasteiger partial charge in [-0.15, -0.1) is 6.58 Å². The van der Waals surface area contributed by atoms with Crippen LogP contribution in [-0.2, 0) is 18.9 Å². The molecule has 0 aromatic heterocycles. The maximum absolute atomic E-state index is 10.4. The maximum atomic E-state index is 10.4. The summed E-state index contributed by atoms with van der Waals surface area (Å²) in [6, 6.07) is 0. The lowest BCUT2D eigenvalue weighted by atomic mass is 9.96. The lowest BCUT2D eigenvalue weighted by Gasteiger charge is -2.44. The van der Waals surface area contributed by atoms with Gasteiger partial charge in [0.15, 0.2) is 12.6 Å². The van der Waals surface area contributed by atoms with Crippen LogP contribution in [0.4, 0.5) is 0 Å². The molecule has 10 heteroatoms. The van der Waals surface area contributed by atoms with Crippen molar-refractivity contribution in [3.63, 3.8) is 0 Å². The van der Waals surface area contributed by atoms with E-state index in [0.29, 0.717) is 12.8 Å². The minimum Gasteiger partial charge on any atom is -0.388 e. The molecule has 11 atom stereocenters. The van der Waals surface area contributed by atoms with Crippen LogP contribution >= 0.6 is 0 Å². The standard InChI is InChI=1S/C22H38O10/c1-6-22(5,9-7-8-11(2)3)32-21-19(28)17(26)15(24)13(31-21)10-29-20-18(27)16(25)14(23)12(4)30-20/h6,8,12-21,23-28H,1,7,9-10H2,2-5H3/t12-,13-,14-,15-,16+,17+,18+,19-,20+,21+,22+/m1/s1. The summed E-state index contributed by atoms with van der Waals surface area (Å²) in [7, 11) is 0. The first-order chi connectivity index (χ1) is 14.9. The molecular formula is C22H38O10. The van der Waals surface area contributed by atoms with Gasteiger partial charge < -0.3 is 49.6 Å². The SMILES string of the molecule is C=C[C@@](C)(CCC=C(C)C)O[C@@H]1O[C@H](CO[C@H]2O[C@H](C)[C@@H](O)[C@H](O)[C@@H]2O)[C@@H](O)[C@H](O)[C@H]1O. The van der Waals surface area contributed by atoms with Crippen LogP contribution in [0.3, 0.4) is 0 Å². The van der Waals surface area contributed by atoms with Crippen LogP contribution in [-0.4, -0.2) is 104 Å². The van der Waals surface area contributed by atoms with Crippen LogP contribution in [0.5, 0.6) is 0 Å². The Kier molecular flexibility index (Phi) is 9.80. The van der Waals surface area contributed by atoms with Crippen LogP contribution < -0.4 is 0 Å². The van der Waals surface area contributed by atoms with Crippen LogP contribution in [0.2, 0.25) is 0 Å². The Hall–Kier alpha value is -0.920. The highest BCUT2D eigenvalue weighted by Crippen LogP contribution is 2.30. The Balaban J connectivity index is 2.03. The Bertz CT molecular complexity index is 638. The Morgan fingerprint density at radius 3 is 2.09 bits per heavy atom. The number of ether oxygens (including phenoxy) is 4.